The third-order valence-corrected chi connectivity index (χ3v) is 5.69. The van der Waals surface area contributed by atoms with Crippen LogP contribution in [0, 0.1) is 24.7 Å². The van der Waals surface area contributed by atoms with E-state index in [2.05, 4.69) is 32.9 Å². The lowest BCUT2D eigenvalue weighted by Crippen LogP contribution is -2.13. The predicted molar refractivity (Wildman–Crippen MR) is 84.2 cm³/mol. The second-order valence-electron chi connectivity index (χ2n) is 7.34. The smallest absolute Gasteiger partial charge is 0.122 e. The zero-order valence-electron chi connectivity index (χ0n) is 13.2. The molecule has 0 aromatic heterocycles. The van der Waals surface area contributed by atoms with Crippen LogP contribution in [0.3, 0.4) is 0 Å². The molecule has 1 N–H and O–H groups in total. The average Bonchev–Trinajstić information content (AvgIpc) is 2.79. The molecule has 0 amide bonds. The lowest BCUT2D eigenvalue weighted by molar-refractivity contribution is 0.346. The number of hydrogen-bond acceptors (Lipinski definition) is 1. The molecule has 2 fully saturated rings. The van der Waals surface area contributed by atoms with Crippen molar-refractivity contribution in [3.05, 3.63) is 28.8 Å². The van der Waals surface area contributed by atoms with Gasteiger partial charge in [0.15, 0.2) is 0 Å². The van der Waals surface area contributed by atoms with Crippen LogP contribution in [-0.2, 0) is 6.42 Å². The Balaban J connectivity index is 2.00. The Labute approximate surface area is 123 Å². The average molecular weight is 272 g/mol. The number of phenolic OH excluding ortho intramolecular Hbond substituents is 1. The van der Waals surface area contributed by atoms with Crippen molar-refractivity contribution in [1.29, 1.82) is 0 Å². The molecule has 0 saturated heterocycles. The Kier molecular flexibility index (Phi) is 3.79. The highest BCUT2D eigenvalue weighted by molar-refractivity contribution is 5.46. The van der Waals surface area contributed by atoms with Crippen LogP contribution in [0.25, 0.3) is 0 Å². The molecule has 110 valence electrons. The minimum absolute atomic E-state index is 0.586. The summed E-state index contributed by atoms with van der Waals surface area (Å²) < 4.78 is 0. The number of hydrogen-bond donors (Lipinski definition) is 1. The molecule has 4 atom stereocenters. The molecule has 1 heteroatoms. The number of aromatic hydroxyl groups is 1. The van der Waals surface area contributed by atoms with Crippen LogP contribution in [0.1, 0.15) is 68.6 Å². The molecule has 2 aliphatic carbocycles. The summed E-state index contributed by atoms with van der Waals surface area (Å²) in [6.45, 7) is 6.71. The normalized spacial score (nSPS) is 33.1. The first-order valence-corrected chi connectivity index (χ1v) is 8.40. The van der Waals surface area contributed by atoms with Crippen molar-refractivity contribution < 1.29 is 5.11 Å². The van der Waals surface area contributed by atoms with E-state index in [1.165, 1.54) is 43.2 Å². The summed E-state index contributed by atoms with van der Waals surface area (Å²) in [5.41, 5.74) is 3.69. The van der Waals surface area contributed by atoms with Gasteiger partial charge in [-0.05, 0) is 73.8 Å². The molecule has 0 spiro atoms. The minimum Gasteiger partial charge on any atom is -0.507 e. The molecule has 0 heterocycles. The van der Waals surface area contributed by atoms with Crippen LogP contribution in [0.2, 0.25) is 0 Å². The van der Waals surface area contributed by atoms with Crippen molar-refractivity contribution >= 4 is 0 Å². The molecule has 2 bridgehead atoms. The molecule has 2 aliphatic rings. The topological polar surface area (TPSA) is 20.2 Å². The van der Waals surface area contributed by atoms with Gasteiger partial charge in [-0.15, -0.1) is 0 Å². The maximum atomic E-state index is 10.7. The fourth-order valence-corrected chi connectivity index (χ4v) is 4.80. The largest absolute Gasteiger partial charge is 0.507 e. The van der Waals surface area contributed by atoms with Crippen molar-refractivity contribution in [3.8, 4) is 5.75 Å². The van der Waals surface area contributed by atoms with Crippen molar-refractivity contribution in [2.24, 2.45) is 17.8 Å². The molecule has 2 saturated carbocycles. The number of aryl methyl sites for hydroxylation is 2. The van der Waals surface area contributed by atoms with Gasteiger partial charge in [-0.25, -0.2) is 0 Å². The highest BCUT2D eigenvalue weighted by Crippen LogP contribution is 2.51. The quantitative estimate of drug-likeness (QED) is 0.785. The van der Waals surface area contributed by atoms with Crippen molar-refractivity contribution in [3.63, 3.8) is 0 Å². The van der Waals surface area contributed by atoms with E-state index in [0.29, 0.717) is 11.7 Å². The molecule has 4 unspecified atom stereocenters. The first-order chi connectivity index (χ1) is 9.58. The van der Waals surface area contributed by atoms with Gasteiger partial charge >= 0.3 is 0 Å². The Morgan fingerprint density at radius 2 is 1.95 bits per heavy atom. The SMILES string of the molecule is CCc1cc(C)cc(C2CC(C)CC3CCC2C3)c1O. The van der Waals surface area contributed by atoms with E-state index < -0.39 is 0 Å². The Hall–Kier alpha value is -0.980. The Bertz CT molecular complexity index is 491. The summed E-state index contributed by atoms with van der Waals surface area (Å²) >= 11 is 0. The van der Waals surface area contributed by atoms with Crippen LogP contribution in [-0.4, -0.2) is 5.11 Å². The van der Waals surface area contributed by atoms with Gasteiger partial charge < -0.3 is 5.11 Å². The van der Waals surface area contributed by atoms with Gasteiger partial charge in [0.1, 0.15) is 5.75 Å². The standard InChI is InChI=1S/C19H28O/c1-4-15-8-13(3)10-18(19(15)20)17-9-12(2)7-14-5-6-16(17)11-14/h8,10,12,14,16-17,20H,4-7,9,11H2,1-3H3. The van der Waals surface area contributed by atoms with Gasteiger partial charge in [0, 0.05) is 0 Å². The number of benzene rings is 1. The van der Waals surface area contributed by atoms with Gasteiger partial charge in [-0.2, -0.15) is 0 Å². The second kappa shape index (κ2) is 5.42. The number of fused-ring (bicyclic) bond motifs is 2. The van der Waals surface area contributed by atoms with Crippen LogP contribution < -0.4 is 0 Å². The highest BCUT2D eigenvalue weighted by atomic mass is 16.3. The third kappa shape index (κ3) is 2.47. The molecule has 1 aromatic carbocycles. The van der Waals surface area contributed by atoms with E-state index >= 15 is 0 Å². The highest BCUT2D eigenvalue weighted by Gasteiger charge is 2.37. The fourth-order valence-electron chi connectivity index (χ4n) is 4.80. The number of phenols is 1. The van der Waals surface area contributed by atoms with Gasteiger partial charge in [-0.1, -0.05) is 38.0 Å². The molecular formula is C19H28O. The Morgan fingerprint density at radius 3 is 2.70 bits per heavy atom. The maximum absolute atomic E-state index is 10.7. The first kappa shape index (κ1) is 14.0. The van der Waals surface area contributed by atoms with Crippen LogP contribution in [0.4, 0.5) is 0 Å². The van der Waals surface area contributed by atoms with Crippen molar-refractivity contribution in [2.75, 3.05) is 0 Å². The third-order valence-electron chi connectivity index (χ3n) is 5.69. The molecule has 1 aromatic rings. The van der Waals surface area contributed by atoms with Crippen molar-refractivity contribution in [2.45, 2.75) is 65.2 Å². The summed E-state index contributed by atoms with van der Waals surface area (Å²) in [5.74, 6) is 3.75. The van der Waals surface area contributed by atoms with Gasteiger partial charge in [0.25, 0.3) is 0 Å². The lowest BCUT2D eigenvalue weighted by Gasteiger charge is -2.27. The van der Waals surface area contributed by atoms with E-state index in [-0.39, 0.29) is 0 Å². The second-order valence-corrected chi connectivity index (χ2v) is 7.34. The summed E-state index contributed by atoms with van der Waals surface area (Å²) in [6.07, 6.45) is 7.77. The molecule has 1 nitrogen and oxygen atoms in total. The molecular weight excluding hydrogens is 244 g/mol. The first-order valence-electron chi connectivity index (χ1n) is 8.40. The zero-order chi connectivity index (χ0) is 14.3. The summed E-state index contributed by atoms with van der Waals surface area (Å²) in [4.78, 5) is 0. The number of rotatable bonds is 2. The summed E-state index contributed by atoms with van der Waals surface area (Å²) in [6, 6.07) is 4.40. The summed E-state index contributed by atoms with van der Waals surface area (Å²) in [7, 11) is 0. The van der Waals surface area contributed by atoms with Crippen molar-refractivity contribution in [1.82, 2.24) is 0 Å². The van der Waals surface area contributed by atoms with Crippen LogP contribution >= 0.6 is 0 Å². The van der Waals surface area contributed by atoms with Gasteiger partial charge in [0.05, 0.1) is 0 Å². The molecule has 0 aliphatic heterocycles. The van der Waals surface area contributed by atoms with E-state index in [0.717, 1.165) is 29.7 Å². The van der Waals surface area contributed by atoms with E-state index in [1.807, 2.05) is 0 Å². The molecule has 0 radical (unpaired) electrons. The zero-order valence-corrected chi connectivity index (χ0v) is 13.2. The van der Waals surface area contributed by atoms with E-state index in [1.54, 1.807) is 0 Å². The minimum atomic E-state index is 0.586. The fraction of sp³-hybridized carbons (Fsp3) is 0.684. The van der Waals surface area contributed by atoms with E-state index in [9.17, 15) is 5.11 Å². The summed E-state index contributed by atoms with van der Waals surface area (Å²) in [5, 5.41) is 10.7. The monoisotopic (exact) mass is 272 g/mol. The van der Waals surface area contributed by atoms with Gasteiger partial charge in [-0.3, -0.25) is 0 Å². The Morgan fingerprint density at radius 1 is 1.15 bits per heavy atom. The molecule has 20 heavy (non-hydrogen) atoms. The molecule has 3 rings (SSSR count). The lowest BCUT2D eigenvalue weighted by atomic mass is 9.78. The van der Waals surface area contributed by atoms with E-state index in [4.69, 9.17) is 0 Å². The predicted octanol–water partition coefficient (Wildman–Crippen LogP) is 5.19. The maximum Gasteiger partial charge on any atom is 0.122 e. The van der Waals surface area contributed by atoms with Gasteiger partial charge in [0.2, 0.25) is 0 Å². The van der Waals surface area contributed by atoms with Crippen LogP contribution in [0.15, 0.2) is 12.1 Å². The van der Waals surface area contributed by atoms with Crippen LogP contribution in [0.5, 0.6) is 5.75 Å².